The van der Waals surface area contributed by atoms with Crippen LogP contribution in [-0.2, 0) is 0 Å². The molecule has 0 aromatic heterocycles. The van der Waals surface area contributed by atoms with Gasteiger partial charge in [-0.25, -0.2) is 0 Å². The molecule has 0 atom stereocenters. The molecular weight excluding hydrogens is 373 g/mol. The third-order valence-corrected chi connectivity index (χ3v) is 3.25. The Bertz CT molecular complexity index is 685. The van der Waals surface area contributed by atoms with Crippen molar-refractivity contribution in [1.82, 2.24) is 0 Å². The molecule has 0 saturated heterocycles. The number of hydrogen-bond donors (Lipinski definition) is 0. The number of nitrogens with zero attached hydrogens (tertiary/aromatic N) is 1. The minimum absolute atomic E-state index is 0.0399. The van der Waals surface area contributed by atoms with Gasteiger partial charge in [-0.05, 0) is 59.8 Å². The first-order chi connectivity index (χ1) is 9.47. The lowest BCUT2D eigenvalue weighted by molar-refractivity contribution is -0.385. The van der Waals surface area contributed by atoms with Crippen LogP contribution in [-0.4, -0.2) is 10.7 Å². The standard InChI is InChI=1S/C14H10INO4/c1-9(17)13-8-12(5-6-14(13)16(18)19)20-11-4-2-3-10(15)7-11/h2-8H,1H3. The predicted molar refractivity (Wildman–Crippen MR) is 82.3 cm³/mol. The van der Waals surface area contributed by atoms with Crippen LogP contribution in [0.25, 0.3) is 0 Å². The lowest BCUT2D eigenvalue weighted by Gasteiger charge is -2.07. The normalized spacial score (nSPS) is 10.1. The highest BCUT2D eigenvalue weighted by Gasteiger charge is 2.18. The smallest absolute Gasteiger partial charge is 0.280 e. The van der Waals surface area contributed by atoms with E-state index in [0.29, 0.717) is 11.5 Å². The Labute approximate surface area is 128 Å². The molecule has 0 saturated carbocycles. The van der Waals surface area contributed by atoms with E-state index < -0.39 is 4.92 Å². The summed E-state index contributed by atoms with van der Waals surface area (Å²) in [4.78, 5) is 21.7. The number of rotatable bonds is 4. The molecular formula is C14H10INO4. The maximum absolute atomic E-state index is 11.5. The molecule has 2 aromatic carbocycles. The molecule has 6 heteroatoms. The molecule has 0 radical (unpaired) electrons. The first-order valence-electron chi connectivity index (χ1n) is 5.70. The van der Waals surface area contributed by atoms with E-state index in [1.165, 1.54) is 25.1 Å². The van der Waals surface area contributed by atoms with E-state index in [2.05, 4.69) is 22.6 Å². The molecule has 0 aliphatic carbocycles. The number of carbonyl (C=O) groups excluding carboxylic acids is 1. The van der Waals surface area contributed by atoms with E-state index >= 15 is 0 Å². The van der Waals surface area contributed by atoms with Crippen molar-refractivity contribution in [3.63, 3.8) is 0 Å². The summed E-state index contributed by atoms with van der Waals surface area (Å²) >= 11 is 2.16. The summed E-state index contributed by atoms with van der Waals surface area (Å²) in [5, 5.41) is 10.9. The number of carbonyl (C=O) groups is 1. The van der Waals surface area contributed by atoms with Crippen molar-refractivity contribution < 1.29 is 14.5 Å². The van der Waals surface area contributed by atoms with Gasteiger partial charge in [0.1, 0.15) is 11.5 Å². The van der Waals surface area contributed by atoms with Gasteiger partial charge in [0.2, 0.25) is 0 Å². The van der Waals surface area contributed by atoms with Gasteiger partial charge in [0.05, 0.1) is 10.5 Å². The summed E-state index contributed by atoms with van der Waals surface area (Å²) < 4.78 is 6.61. The van der Waals surface area contributed by atoms with E-state index in [-0.39, 0.29) is 17.0 Å². The molecule has 5 nitrogen and oxygen atoms in total. The van der Waals surface area contributed by atoms with Gasteiger partial charge in [-0.3, -0.25) is 14.9 Å². The van der Waals surface area contributed by atoms with Gasteiger partial charge in [0, 0.05) is 9.64 Å². The second-order valence-electron chi connectivity index (χ2n) is 4.05. The maximum atomic E-state index is 11.5. The van der Waals surface area contributed by atoms with E-state index in [4.69, 9.17) is 4.74 Å². The Morgan fingerprint density at radius 3 is 2.50 bits per heavy atom. The molecule has 0 spiro atoms. The van der Waals surface area contributed by atoms with E-state index in [1.54, 1.807) is 6.07 Å². The second kappa shape index (κ2) is 6.00. The zero-order valence-electron chi connectivity index (χ0n) is 10.5. The Morgan fingerprint density at radius 2 is 1.90 bits per heavy atom. The topological polar surface area (TPSA) is 69.4 Å². The van der Waals surface area contributed by atoms with Gasteiger partial charge in [0.25, 0.3) is 5.69 Å². The van der Waals surface area contributed by atoms with Crippen LogP contribution in [0.1, 0.15) is 17.3 Å². The maximum Gasteiger partial charge on any atom is 0.280 e. The molecule has 0 N–H and O–H groups in total. The summed E-state index contributed by atoms with van der Waals surface area (Å²) in [5.74, 6) is 0.632. The first kappa shape index (κ1) is 14.4. The van der Waals surface area contributed by atoms with Crippen LogP contribution in [0.3, 0.4) is 0 Å². The second-order valence-corrected chi connectivity index (χ2v) is 5.30. The third-order valence-electron chi connectivity index (χ3n) is 2.58. The fourth-order valence-electron chi connectivity index (χ4n) is 1.69. The van der Waals surface area contributed by atoms with Crippen LogP contribution in [0.15, 0.2) is 42.5 Å². The number of ether oxygens (including phenoxy) is 1. The molecule has 2 aromatic rings. The minimum Gasteiger partial charge on any atom is -0.457 e. The van der Waals surface area contributed by atoms with Crippen LogP contribution < -0.4 is 4.74 Å². The fourth-order valence-corrected chi connectivity index (χ4v) is 2.20. The number of benzene rings is 2. The Hall–Kier alpha value is -1.96. The fraction of sp³-hybridized carbons (Fsp3) is 0.0714. The van der Waals surface area contributed by atoms with E-state index in [9.17, 15) is 14.9 Å². The Kier molecular flexibility index (Phi) is 4.33. The quantitative estimate of drug-likeness (QED) is 0.344. The third kappa shape index (κ3) is 3.32. The van der Waals surface area contributed by atoms with Crippen molar-refractivity contribution in [3.8, 4) is 11.5 Å². The monoisotopic (exact) mass is 383 g/mol. The van der Waals surface area contributed by atoms with Crippen LogP contribution in [0.4, 0.5) is 5.69 Å². The average Bonchev–Trinajstić information content (AvgIpc) is 2.38. The van der Waals surface area contributed by atoms with Gasteiger partial charge < -0.3 is 4.74 Å². The zero-order valence-corrected chi connectivity index (χ0v) is 12.7. The van der Waals surface area contributed by atoms with Crippen LogP contribution in [0.5, 0.6) is 11.5 Å². The number of nitro benzene ring substituents is 1. The summed E-state index contributed by atoms with van der Waals surface area (Å²) in [7, 11) is 0. The van der Waals surface area contributed by atoms with E-state index in [0.717, 1.165) is 3.57 Å². The van der Waals surface area contributed by atoms with Crippen molar-refractivity contribution in [1.29, 1.82) is 0 Å². The Balaban J connectivity index is 2.36. The summed E-state index contributed by atoms with van der Waals surface area (Å²) in [5.41, 5.74) is -0.175. The van der Waals surface area contributed by atoms with Gasteiger partial charge in [-0.2, -0.15) is 0 Å². The Morgan fingerprint density at radius 1 is 1.20 bits per heavy atom. The molecule has 0 bridgehead atoms. The highest BCUT2D eigenvalue weighted by Crippen LogP contribution is 2.28. The molecule has 20 heavy (non-hydrogen) atoms. The minimum atomic E-state index is -0.577. The molecule has 0 heterocycles. The number of ketones is 1. The van der Waals surface area contributed by atoms with Crippen molar-refractivity contribution in [2.75, 3.05) is 0 Å². The highest BCUT2D eigenvalue weighted by atomic mass is 127. The van der Waals surface area contributed by atoms with Gasteiger partial charge in [-0.1, -0.05) is 6.07 Å². The summed E-state index contributed by atoms with van der Waals surface area (Å²) in [6.45, 7) is 1.29. The van der Waals surface area contributed by atoms with Gasteiger partial charge >= 0.3 is 0 Å². The SMILES string of the molecule is CC(=O)c1cc(Oc2cccc(I)c2)ccc1[N+](=O)[O-]. The molecule has 0 unspecified atom stereocenters. The molecule has 102 valence electrons. The van der Waals surface area contributed by atoms with Crippen molar-refractivity contribution >= 4 is 34.1 Å². The molecule has 0 aliphatic rings. The van der Waals surface area contributed by atoms with Crippen LogP contribution in [0, 0.1) is 13.7 Å². The molecule has 0 aliphatic heterocycles. The first-order valence-corrected chi connectivity index (χ1v) is 6.78. The number of nitro groups is 1. The van der Waals surface area contributed by atoms with Crippen molar-refractivity contribution in [2.24, 2.45) is 0 Å². The van der Waals surface area contributed by atoms with Crippen molar-refractivity contribution in [2.45, 2.75) is 6.92 Å². The van der Waals surface area contributed by atoms with E-state index in [1.807, 2.05) is 18.2 Å². The number of hydrogen-bond acceptors (Lipinski definition) is 4. The van der Waals surface area contributed by atoms with Gasteiger partial charge in [0.15, 0.2) is 5.78 Å². The zero-order chi connectivity index (χ0) is 14.7. The lowest BCUT2D eigenvalue weighted by Crippen LogP contribution is -2.00. The predicted octanol–water partition coefficient (Wildman–Crippen LogP) is 4.19. The highest BCUT2D eigenvalue weighted by molar-refractivity contribution is 14.1. The summed E-state index contributed by atoms with van der Waals surface area (Å²) in [6, 6.07) is 11.5. The largest absolute Gasteiger partial charge is 0.457 e. The number of halogens is 1. The average molecular weight is 383 g/mol. The van der Waals surface area contributed by atoms with Crippen molar-refractivity contribution in [3.05, 3.63) is 61.7 Å². The number of Topliss-reactive ketones (excluding diaryl/α,β-unsaturated/α-hetero) is 1. The van der Waals surface area contributed by atoms with Crippen LogP contribution in [0.2, 0.25) is 0 Å². The lowest BCUT2D eigenvalue weighted by atomic mass is 10.1. The summed E-state index contributed by atoms with van der Waals surface area (Å²) in [6.07, 6.45) is 0. The van der Waals surface area contributed by atoms with Gasteiger partial charge in [-0.15, -0.1) is 0 Å². The molecule has 0 amide bonds. The molecule has 2 rings (SSSR count). The molecule has 0 fully saturated rings. The van der Waals surface area contributed by atoms with Crippen LogP contribution >= 0.6 is 22.6 Å².